The van der Waals surface area contributed by atoms with Gasteiger partial charge >= 0.3 is 6.85 Å². The quantitative estimate of drug-likeness (QED) is 0.164. The fourth-order valence-electron chi connectivity index (χ4n) is 11.1. The SMILES string of the molecule is Cc1cc2c3c(c1)N(c1ccc(C(C)(C)C)cc1-c1ccccc1)c1oc4cc5c(cc4c1B3N1c3ccccc3C(C)(C)c3cccc-2c31)C(C)(C)CCC5(C)C. The first-order chi connectivity index (χ1) is 27.6. The van der Waals surface area contributed by atoms with E-state index in [0.29, 0.717) is 0 Å². The molecular formula is C54H53BN2O. The van der Waals surface area contributed by atoms with Crippen molar-refractivity contribution in [3.8, 4) is 22.3 Å². The van der Waals surface area contributed by atoms with Crippen molar-refractivity contribution in [2.24, 2.45) is 0 Å². The van der Waals surface area contributed by atoms with E-state index in [-0.39, 0.29) is 28.5 Å². The van der Waals surface area contributed by atoms with Crippen LogP contribution in [0.15, 0.2) is 120 Å². The summed E-state index contributed by atoms with van der Waals surface area (Å²) in [6, 6.07) is 44.1. The molecule has 1 aliphatic carbocycles. The number of nitrogens with zero attached hydrogens (tertiary/aromatic N) is 2. The van der Waals surface area contributed by atoms with Crippen molar-refractivity contribution in [3.63, 3.8) is 0 Å². The molecule has 0 saturated heterocycles. The lowest BCUT2D eigenvalue weighted by molar-refractivity contribution is 0.332. The van der Waals surface area contributed by atoms with Crippen LogP contribution in [0.4, 0.5) is 28.6 Å². The van der Waals surface area contributed by atoms with E-state index in [2.05, 4.69) is 194 Å². The topological polar surface area (TPSA) is 19.6 Å². The first-order valence-corrected chi connectivity index (χ1v) is 21.3. The number of rotatable bonds is 2. The zero-order valence-corrected chi connectivity index (χ0v) is 35.8. The van der Waals surface area contributed by atoms with E-state index in [4.69, 9.17) is 4.42 Å². The van der Waals surface area contributed by atoms with Gasteiger partial charge < -0.3 is 9.23 Å². The molecule has 288 valence electrons. The van der Waals surface area contributed by atoms with Crippen molar-refractivity contribution >= 4 is 57.4 Å². The summed E-state index contributed by atoms with van der Waals surface area (Å²) in [6.45, 7) is 23.6. The molecule has 0 amide bonds. The fourth-order valence-corrected chi connectivity index (χ4v) is 11.1. The average Bonchev–Trinajstić information content (AvgIpc) is 3.57. The molecule has 3 aliphatic heterocycles. The molecule has 1 aromatic heterocycles. The zero-order valence-electron chi connectivity index (χ0n) is 35.8. The van der Waals surface area contributed by atoms with Crippen LogP contribution in [0, 0.1) is 6.92 Å². The molecule has 4 heterocycles. The Labute approximate surface area is 344 Å². The Morgan fingerprint density at radius 1 is 0.586 bits per heavy atom. The molecule has 0 N–H and O–H groups in total. The highest BCUT2D eigenvalue weighted by Gasteiger charge is 2.52. The van der Waals surface area contributed by atoms with E-state index >= 15 is 0 Å². The van der Waals surface area contributed by atoms with Crippen molar-refractivity contribution < 1.29 is 4.42 Å². The van der Waals surface area contributed by atoms with Gasteiger partial charge in [-0.05, 0) is 122 Å². The third-order valence-electron chi connectivity index (χ3n) is 14.5. The van der Waals surface area contributed by atoms with Crippen LogP contribution in [-0.4, -0.2) is 6.85 Å². The highest BCUT2D eigenvalue weighted by molar-refractivity contribution is 6.95. The van der Waals surface area contributed by atoms with Crippen molar-refractivity contribution in [1.82, 2.24) is 0 Å². The smallest absolute Gasteiger partial charge is 0.337 e. The molecule has 58 heavy (non-hydrogen) atoms. The summed E-state index contributed by atoms with van der Waals surface area (Å²) in [5.74, 6) is 0.922. The lowest BCUT2D eigenvalue weighted by atomic mass is 9.42. The molecule has 7 aromatic rings. The van der Waals surface area contributed by atoms with Crippen LogP contribution >= 0.6 is 0 Å². The second-order valence-electron chi connectivity index (χ2n) is 20.5. The second kappa shape index (κ2) is 11.6. The van der Waals surface area contributed by atoms with Crippen LogP contribution in [0.3, 0.4) is 0 Å². The minimum Gasteiger partial charge on any atom is -0.440 e. The summed E-state index contributed by atoms with van der Waals surface area (Å²) < 4.78 is 7.52. The van der Waals surface area contributed by atoms with E-state index in [9.17, 15) is 0 Å². The predicted octanol–water partition coefficient (Wildman–Crippen LogP) is 13.4. The molecule has 3 nitrogen and oxygen atoms in total. The molecule has 0 radical (unpaired) electrons. The van der Waals surface area contributed by atoms with Crippen LogP contribution in [0.2, 0.25) is 0 Å². The Morgan fingerprint density at radius 3 is 2.02 bits per heavy atom. The van der Waals surface area contributed by atoms with E-state index in [1.165, 1.54) is 89.0 Å². The highest BCUT2D eigenvalue weighted by Crippen LogP contribution is 2.57. The Bertz CT molecular complexity index is 2890. The molecule has 0 bridgehead atoms. The third-order valence-corrected chi connectivity index (χ3v) is 14.5. The summed E-state index contributed by atoms with van der Waals surface area (Å²) in [7, 11) is 0. The first kappa shape index (κ1) is 35.7. The molecule has 0 atom stereocenters. The van der Waals surface area contributed by atoms with Crippen molar-refractivity contribution in [3.05, 3.63) is 149 Å². The molecule has 0 saturated carbocycles. The first-order valence-electron chi connectivity index (χ1n) is 21.3. The maximum atomic E-state index is 7.52. The highest BCUT2D eigenvalue weighted by atomic mass is 16.4. The Hall–Kier alpha value is -5.48. The molecule has 4 heteroatoms. The summed E-state index contributed by atoms with van der Waals surface area (Å²) in [6.07, 6.45) is 2.31. The van der Waals surface area contributed by atoms with E-state index in [1.54, 1.807) is 0 Å². The van der Waals surface area contributed by atoms with E-state index < -0.39 is 0 Å². The van der Waals surface area contributed by atoms with Crippen molar-refractivity contribution in [2.75, 3.05) is 9.71 Å². The van der Waals surface area contributed by atoms with Gasteiger partial charge in [-0.2, -0.15) is 0 Å². The van der Waals surface area contributed by atoms with E-state index in [0.717, 1.165) is 30.0 Å². The Balaban J connectivity index is 1.31. The van der Waals surface area contributed by atoms with Crippen LogP contribution in [0.5, 0.6) is 0 Å². The van der Waals surface area contributed by atoms with Gasteiger partial charge in [0.25, 0.3) is 0 Å². The predicted molar refractivity (Wildman–Crippen MR) is 246 cm³/mol. The zero-order chi connectivity index (χ0) is 40.3. The van der Waals surface area contributed by atoms with Gasteiger partial charge in [0.05, 0.1) is 5.69 Å². The molecule has 0 fully saturated rings. The van der Waals surface area contributed by atoms with Gasteiger partial charge in [-0.15, -0.1) is 0 Å². The summed E-state index contributed by atoms with van der Waals surface area (Å²) in [4.78, 5) is 5.20. The standard InChI is InChI=1S/C54H53BN2O/c1-32-27-37-35-19-16-21-40-49(35)57(44-22-15-14-20-39(44)54(40,9)10)55-47(37)45(28-32)56(43-24-23-34(51(2,3)4)29-36(43)33-17-12-11-13-18-33)50-48(55)38-30-41-42(31-46(38)58-50)53(7,8)26-25-52(41,5)6/h11-24,27-31H,25-26H2,1-10H3. The van der Waals surface area contributed by atoms with Crippen LogP contribution in [0.1, 0.15) is 109 Å². The maximum Gasteiger partial charge on any atom is 0.337 e. The van der Waals surface area contributed by atoms with Gasteiger partial charge in [0.15, 0.2) is 0 Å². The van der Waals surface area contributed by atoms with Crippen LogP contribution < -0.4 is 20.6 Å². The molecular weight excluding hydrogens is 703 g/mol. The molecule has 0 spiro atoms. The van der Waals surface area contributed by atoms with Gasteiger partial charge in [-0.1, -0.05) is 141 Å². The monoisotopic (exact) mass is 756 g/mol. The van der Waals surface area contributed by atoms with Gasteiger partial charge in [-0.3, -0.25) is 4.90 Å². The summed E-state index contributed by atoms with van der Waals surface area (Å²) in [5, 5.41) is 1.22. The number of hydrogen-bond acceptors (Lipinski definition) is 3. The molecule has 0 unspecified atom stereocenters. The molecule has 6 aromatic carbocycles. The van der Waals surface area contributed by atoms with Gasteiger partial charge in [-0.25, -0.2) is 0 Å². The number of aryl methyl sites for hydroxylation is 1. The van der Waals surface area contributed by atoms with Crippen molar-refractivity contribution in [2.45, 2.75) is 104 Å². The minimum absolute atomic E-state index is 0.0163. The van der Waals surface area contributed by atoms with Crippen LogP contribution in [-0.2, 0) is 21.7 Å². The van der Waals surface area contributed by atoms with Crippen molar-refractivity contribution in [1.29, 1.82) is 0 Å². The summed E-state index contributed by atoms with van der Waals surface area (Å²) in [5.41, 5.74) is 21.6. The summed E-state index contributed by atoms with van der Waals surface area (Å²) >= 11 is 0. The molecule has 11 rings (SSSR count). The van der Waals surface area contributed by atoms with Crippen LogP contribution in [0.25, 0.3) is 33.2 Å². The van der Waals surface area contributed by atoms with Gasteiger partial charge in [0, 0.05) is 44.5 Å². The lowest BCUT2D eigenvalue weighted by Gasteiger charge is -2.50. The number of furan rings is 1. The normalized spacial score (nSPS) is 17.7. The maximum absolute atomic E-state index is 7.52. The fraction of sp³-hybridized carbons (Fsp3) is 0.296. The molecule has 4 aliphatic rings. The Morgan fingerprint density at radius 2 is 1.28 bits per heavy atom. The Kier molecular flexibility index (Phi) is 7.13. The number of anilines is 5. The number of benzene rings is 6. The average molecular weight is 757 g/mol. The van der Waals surface area contributed by atoms with E-state index in [1.807, 2.05) is 0 Å². The number of fused-ring (bicyclic) bond motifs is 9. The largest absolute Gasteiger partial charge is 0.440 e. The third kappa shape index (κ3) is 4.75. The lowest BCUT2D eigenvalue weighted by Crippen LogP contribution is -2.62. The minimum atomic E-state index is -0.168. The van der Waals surface area contributed by atoms with Gasteiger partial charge in [0.2, 0.25) is 5.88 Å². The number of hydrogen-bond donors (Lipinski definition) is 0. The number of para-hydroxylation sites is 2. The van der Waals surface area contributed by atoms with Gasteiger partial charge in [0.1, 0.15) is 5.58 Å². The second-order valence-corrected chi connectivity index (χ2v) is 20.5.